The number of carbonyl (C=O) groups is 2. The van der Waals surface area contributed by atoms with Crippen LogP contribution in [0.4, 0.5) is 0 Å². The van der Waals surface area contributed by atoms with Crippen molar-refractivity contribution < 1.29 is 9.59 Å². The third-order valence-corrected chi connectivity index (χ3v) is 3.27. The van der Waals surface area contributed by atoms with Crippen LogP contribution in [0.25, 0.3) is 0 Å². The van der Waals surface area contributed by atoms with Crippen LogP contribution in [0.2, 0.25) is 0 Å². The Bertz CT molecular complexity index is 335. The van der Waals surface area contributed by atoms with Gasteiger partial charge in [0, 0.05) is 23.7 Å². The third kappa shape index (κ3) is 5.19. The first-order valence-corrected chi connectivity index (χ1v) is 7.03. The van der Waals surface area contributed by atoms with Crippen molar-refractivity contribution in [3.8, 4) is 0 Å². The molecule has 1 fully saturated rings. The summed E-state index contributed by atoms with van der Waals surface area (Å²) in [5.74, 6) is -1.05. The number of rotatable bonds is 3. The van der Waals surface area contributed by atoms with E-state index in [1.165, 1.54) is 0 Å². The number of carbonyl (C=O) groups excluding carboxylic acids is 2. The van der Waals surface area contributed by atoms with Crippen molar-refractivity contribution in [3.63, 3.8) is 0 Å². The molecule has 0 atom stereocenters. The lowest BCUT2D eigenvalue weighted by atomic mass is 9.79. The van der Waals surface area contributed by atoms with Crippen LogP contribution in [0, 0.1) is 0 Å². The van der Waals surface area contributed by atoms with Crippen molar-refractivity contribution in [1.82, 2.24) is 16.0 Å². The highest BCUT2D eigenvalue weighted by Crippen LogP contribution is 2.28. The van der Waals surface area contributed by atoms with Gasteiger partial charge in [-0.15, -0.1) is 0 Å². The van der Waals surface area contributed by atoms with Crippen molar-refractivity contribution in [2.75, 3.05) is 6.54 Å². The Labute approximate surface area is 115 Å². The van der Waals surface area contributed by atoms with Gasteiger partial charge in [-0.25, -0.2) is 0 Å². The second kappa shape index (κ2) is 5.90. The van der Waals surface area contributed by atoms with Crippen LogP contribution in [-0.4, -0.2) is 35.5 Å². The summed E-state index contributed by atoms with van der Waals surface area (Å²) in [6.45, 7) is 11.0. The topological polar surface area (TPSA) is 70.2 Å². The molecule has 0 spiro atoms. The molecular formula is C14H27N3O2. The molecule has 0 radical (unpaired) electrons. The first kappa shape index (κ1) is 16.0. The van der Waals surface area contributed by atoms with E-state index >= 15 is 0 Å². The van der Waals surface area contributed by atoms with Gasteiger partial charge in [-0.1, -0.05) is 6.92 Å². The first-order valence-electron chi connectivity index (χ1n) is 7.03. The SMILES string of the molecule is CCCNC(=O)C(=O)NC1CC(C)(C)NC(C)(C)C1. The molecule has 5 heteroatoms. The average molecular weight is 269 g/mol. The largest absolute Gasteiger partial charge is 0.348 e. The third-order valence-electron chi connectivity index (χ3n) is 3.27. The molecule has 0 aliphatic carbocycles. The zero-order chi connectivity index (χ0) is 14.7. The van der Waals surface area contributed by atoms with E-state index in [-0.39, 0.29) is 17.1 Å². The Kier molecular flexibility index (Phi) is 4.96. The Morgan fingerprint density at radius 2 is 1.63 bits per heavy atom. The van der Waals surface area contributed by atoms with Gasteiger partial charge in [0.1, 0.15) is 0 Å². The molecule has 0 aromatic carbocycles. The summed E-state index contributed by atoms with van der Waals surface area (Å²) in [4.78, 5) is 23.4. The van der Waals surface area contributed by atoms with Crippen molar-refractivity contribution in [3.05, 3.63) is 0 Å². The van der Waals surface area contributed by atoms with E-state index in [2.05, 4.69) is 43.6 Å². The quantitative estimate of drug-likeness (QED) is 0.668. The first-order chi connectivity index (χ1) is 8.65. The second-order valence-electron chi connectivity index (χ2n) is 6.73. The summed E-state index contributed by atoms with van der Waals surface area (Å²) in [7, 11) is 0. The predicted octanol–water partition coefficient (Wildman–Crippen LogP) is 0.938. The summed E-state index contributed by atoms with van der Waals surface area (Å²) < 4.78 is 0. The zero-order valence-electron chi connectivity index (χ0n) is 12.7. The van der Waals surface area contributed by atoms with Gasteiger partial charge in [0.2, 0.25) is 0 Å². The Balaban J connectivity index is 2.56. The molecule has 110 valence electrons. The van der Waals surface area contributed by atoms with Gasteiger partial charge < -0.3 is 16.0 Å². The van der Waals surface area contributed by atoms with Crippen molar-refractivity contribution in [2.24, 2.45) is 0 Å². The van der Waals surface area contributed by atoms with E-state index in [0.29, 0.717) is 6.54 Å². The molecule has 0 bridgehead atoms. The second-order valence-corrected chi connectivity index (χ2v) is 6.73. The summed E-state index contributed by atoms with van der Waals surface area (Å²) in [6.07, 6.45) is 2.47. The smallest absolute Gasteiger partial charge is 0.309 e. The fraction of sp³-hybridized carbons (Fsp3) is 0.857. The Morgan fingerprint density at radius 1 is 1.11 bits per heavy atom. The monoisotopic (exact) mass is 269 g/mol. The Morgan fingerprint density at radius 3 is 2.11 bits per heavy atom. The Hall–Kier alpha value is -1.10. The number of nitrogens with one attached hydrogen (secondary N) is 3. The van der Waals surface area contributed by atoms with E-state index in [1.807, 2.05) is 6.92 Å². The molecular weight excluding hydrogens is 242 g/mol. The molecule has 1 heterocycles. The summed E-state index contributed by atoms with van der Waals surface area (Å²) in [6, 6.07) is 0.0335. The summed E-state index contributed by atoms with van der Waals surface area (Å²) >= 11 is 0. The fourth-order valence-electron chi connectivity index (χ4n) is 2.99. The van der Waals surface area contributed by atoms with Gasteiger partial charge >= 0.3 is 11.8 Å². The maximum atomic E-state index is 11.8. The maximum absolute atomic E-state index is 11.8. The van der Waals surface area contributed by atoms with Crippen LogP contribution in [0.3, 0.4) is 0 Å². The minimum Gasteiger partial charge on any atom is -0.348 e. The normalized spacial score (nSPS) is 21.7. The van der Waals surface area contributed by atoms with Crippen molar-refractivity contribution in [1.29, 1.82) is 0 Å². The molecule has 5 nitrogen and oxygen atoms in total. The minimum absolute atomic E-state index is 0.0335. The highest BCUT2D eigenvalue weighted by molar-refractivity contribution is 6.35. The van der Waals surface area contributed by atoms with Crippen LogP contribution >= 0.6 is 0 Å². The number of hydrogen-bond acceptors (Lipinski definition) is 3. The molecule has 0 aromatic heterocycles. The lowest BCUT2D eigenvalue weighted by Crippen LogP contribution is -2.62. The number of piperidine rings is 1. The molecule has 0 saturated carbocycles. The van der Waals surface area contributed by atoms with Crippen LogP contribution in [0.5, 0.6) is 0 Å². The number of hydrogen-bond donors (Lipinski definition) is 3. The molecule has 1 aliphatic heterocycles. The highest BCUT2D eigenvalue weighted by Gasteiger charge is 2.38. The number of amides is 2. The average Bonchev–Trinajstić information content (AvgIpc) is 2.20. The lowest BCUT2D eigenvalue weighted by molar-refractivity contribution is -0.140. The summed E-state index contributed by atoms with van der Waals surface area (Å²) in [5, 5.41) is 8.99. The van der Waals surface area contributed by atoms with Crippen LogP contribution in [0.1, 0.15) is 53.9 Å². The highest BCUT2D eigenvalue weighted by atomic mass is 16.2. The predicted molar refractivity (Wildman–Crippen MR) is 75.8 cm³/mol. The van der Waals surface area contributed by atoms with Gasteiger partial charge in [0.05, 0.1) is 0 Å². The van der Waals surface area contributed by atoms with E-state index in [4.69, 9.17) is 0 Å². The molecule has 0 aromatic rings. The van der Waals surface area contributed by atoms with Gasteiger partial charge in [0.15, 0.2) is 0 Å². The molecule has 1 aliphatic rings. The molecule has 1 rings (SSSR count). The zero-order valence-corrected chi connectivity index (χ0v) is 12.7. The standard InChI is InChI=1S/C14H27N3O2/c1-6-7-15-11(18)12(19)16-10-8-13(2,3)17-14(4,5)9-10/h10,17H,6-9H2,1-5H3,(H,15,18)(H,16,19). The van der Waals surface area contributed by atoms with Crippen LogP contribution in [-0.2, 0) is 9.59 Å². The van der Waals surface area contributed by atoms with E-state index < -0.39 is 11.8 Å². The van der Waals surface area contributed by atoms with Crippen LogP contribution in [0.15, 0.2) is 0 Å². The molecule has 2 amide bonds. The molecule has 3 N–H and O–H groups in total. The van der Waals surface area contributed by atoms with Crippen molar-refractivity contribution in [2.45, 2.75) is 71.0 Å². The van der Waals surface area contributed by atoms with E-state index in [9.17, 15) is 9.59 Å². The maximum Gasteiger partial charge on any atom is 0.309 e. The van der Waals surface area contributed by atoms with E-state index in [1.54, 1.807) is 0 Å². The van der Waals surface area contributed by atoms with E-state index in [0.717, 1.165) is 19.3 Å². The molecule has 1 saturated heterocycles. The van der Waals surface area contributed by atoms with Gasteiger partial charge in [-0.2, -0.15) is 0 Å². The van der Waals surface area contributed by atoms with Crippen molar-refractivity contribution >= 4 is 11.8 Å². The van der Waals surface area contributed by atoms with Gasteiger partial charge in [0.25, 0.3) is 0 Å². The lowest BCUT2D eigenvalue weighted by Gasteiger charge is -2.46. The van der Waals surface area contributed by atoms with Gasteiger partial charge in [-0.3, -0.25) is 9.59 Å². The minimum atomic E-state index is -0.531. The fourth-order valence-corrected chi connectivity index (χ4v) is 2.99. The summed E-state index contributed by atoms with van der Waals surface area (Å²) in [5.41, 5.74) is -0.0841. The molecule has 0 unspecified atom stereocenters. The van der Waals surface area contributed by atoms with Crippen LogP contribution < -0.4 is 16.0 Å². The molecule has 19 heavy (non-hydrogen) atoms. The van der Waals surface area contributed by atoms with Gasteiger partial charge in [-0.05, 0) is 47.0 Å².